The third-order valence-electron chi connectivity index (χ3n) is 6.56. The van der Waals surface area contributed by atoms with E-state index in [9.17, 15) is 9.59 Å². The number of hydrogen-bond acceptors (Lipinski definition) is 4. The van der Waals surface area contributed by atoms with E-state index in [1.54, 1.807) is 12.1 Å². The maximum atomic E-state index is 13.5. The maximum absolute atomic E-state index is 13.5. The van der Waals surface area contributed by atoms with Gasteiger partial charge in [-0.3, -0.25) is 9.59 Å². The van der Waals surface area contributed by atoms with Crippen molar-refractivity contribution < 1.29 is 9.21 Å². The first-order valence-corrected chi connectivity index (χ1v) is 11.6. The molecule has 1 aromatic heterocycles. The van der Waals surface area contributed by atoms with Crippen LogP contribution in [-0.4, -0.2) is 41.9 Å². The summed E-state index contributed by atoms with van der Waals surface area (Å²) in [5.74, 6) is 0.413. The van der Waals surface area contributed by atoms with Crippen molar-refractivity contribution in [1.29, 1.82) is 0 Å². The minimum Gasteiger partial charge on any atom is -0.450 e. The number of para-hydroxylation sites is 1. The lowest BCUT2D eigenvalue weighted by atomic mass is 9.95. The van der Waals surface area contributed by atoms with Crippen LogP contribution in [0.15, 0.2) is 57.7 Å². The Hall–Kier alpha value is -2.92. The van der Waals surface area contributed by atoms with Crippen molar-refractivity contribution in [3.05, 3.63) is 81.2 Å². The zero-order valence-electron chi connectivity index (χ0n) is 19.4. The van der Waals surface area contributed by atoms with Crippen LogP contribution in [0.1, 0.15) is 73.3 Å². The summed E-state index contributed by atoms with van der Waals surface area (Å²) in [6.45, 7) is 12.1. The van der Waals surface area contributed by atoms with Crippen molar-refractivity contribution in [2.75, 3.05) is 26.2 Å². The fourth-order valence-corrected chi connectivity index (χ4v) is 4.61. The van der Waals surface area contributed by atoms with Crippen molar-refractivity contribution in [3.63, 3.8) is 0 Å². The van der Waals surface area contributed by atoms with E-state index >= 15 is 0 Å². The SMILES string of the molecule is CCN(CC)CCCN1C(=O)c2oc3ccccc3c(=O)c2[C@H]1c1ccc(C(C)C)cc1. The lowest BCUT2D eigenvalue weighted by molar-refractivity contribution is 0.0720. The molecular weight excluding hydrogens is 400 g/mol. The second-order valence-electron chi connectivity index (χ2n) is 8.77. The third kappa shape index (κ3) is 3.97. The molecule has 1 aliphatic heterocycles. The smallest absolute Gasteiger partial charge is 0.290 e. The summed E-state index contributed by atoms with van der Waals surface area (Å²) in [5.41, 5.74) is 3.00. The number of carbonyl (C=O) groups excluding carboxylic acids is 1. The molecule has 3 aromatic rings. The Balaban J connectivity index is 1.77. The molecule has 32 heavy (non-hydrogen) atoms. The number of amides is 1. The molecule has 1 atom stereocenters. The summed E-state index contributed by atoms with van der Waals surface area (Å²) in [7, 11) is 0. The van der Waals surface area contributed by atoms with E-state index in [1.165, 1.54) is 5.56 Å². The zero-order chi connectivity index (χ0) is 22.8. The topological polar surface area (TPSA) is 53.8 Å². The lowest BCUT2D eigenvalue weighted by Crippen LogP contribution is -2.33. The van der Waals surface area contributed by atoms with E-state index in [4.69, 9.17) is 4.42 Å². The predicted molar refractivity (Wildman–Crippen MR) is 128 cm³/mol. The van der Waals surface area contributed by atoms with E-state index in [-0.39, 0.29) is 17.1 Å². The molecule has 5 heteroatoms. The van der Waals surface area contributed by atoms with Crippen LogP contribution in [0.2, 0.25) is 0 Å². The molecule has 0 N–H and O–H groups in total. The second-order valence-corrected chi connectivity index (χ2v) is 8.77. The van der Waals surface area contributed by atoms with Crippen LogP contribution in [0.25, 0.3) is 11.0 Å². The Morgan fingerprint density at radius 2 is 1.69 bits per heavy atom. The molecule has 0 saturated heterocycles. The van der Waals surface area contributed by atoms with Crippen LogP contribution in [0, 0.1) is 0 Å². The Morgan fingerprint density at radius 1 is 1.00 bits per heavy atom. The van der Waals surface area contributed by atoms with E-state index < -0.39 is 6.04 Å². The van der Waals surface area contributed by atoms with Gasteiger partial charge in [0.05, 0.1) is 17.0 Å². The van der Waals surface area contributed by atoms with Gasteiger partial charge in [0, 0.05) is 6.54 Å². The first-order valence-electron chi connectivity index (χ1n) is 11.6. The lowest BCUT2D eigenvalue weighted by Gasteiger charge is -2.27. The standard InChI is InChI=1S/C27H32N2O3/c1-5-28(6-2)16-9-17-29-24(20-14-12-19(13-15-20)18(3)4)23-25(30)21-10-7-8-11-22(21)32-26(23)27(29)31/h7-8,10-15,18,24H,5-6,9,16-17H2,1-4H3/t24-/m1/s1. The normalized spacial score (nSPS) is 15.9. The number of nitrogens with zero attached hydrogens (tertiary/aromatic N) is 2. The molecule has 0 spiro atoms. The Labute approximate surface area is 189 Å². The monoisotopic (exact) mass is 432 g/mol. The highest BCUT2D eigenvalue weighted by Crippen LogP contribution is 2.38. The molecule has 0 aliphatic carbocycles. The molecule has 0 radical (unpaired) electrons. The highest BCUT2D eigenvalue weighted by molar-refractivity contribution is 5.99. The molecule has 0 fully saturated rings. The Bertz CT molecular complexity index is 1160. The van der Waals surface area contributed by atoms with Crippen molar-refractivity contribution >= 4 is 16.9 Å². The van der Waals surface area contributed by atoms with Crippen molar-refractivity contribution in [1.82, 2.24) is 9.80 Å². The Morgan fingerprint density at radius 3 is 2.34 bits per heavy atom. The van der Waals surface area contributed by atoms with Gasteiger partial charge in [0.2, 0.25) is 5.76 Å². The Kier molecular flexibility index (Phi) is 6.47. The van der Waals surface area contributed by atoms with E-state index in [0.29, 0.717) is 29.0 Å². The third-order valence-corrected chi connectivity index (χ3v) is 6.56. The largest absolute Gasteiger partial charge is 0.450 e. The maximum Gasteiger partial charge on any atom is 0.290 e. The van der Waals surface area contributed by atoms with Crippen LogP contribution in [0.5, 0.6) is 0 Å². The van der Waals surface area contributed by atoms with Gasteiger partial charge in [0.25, 0.3) is 5.91 Å². The summed E-state index contributed by atoms with van der Waals surface area (Å²) in [5, 5.41) is 0.521. The van der Waals surface area contributed by atoms with Crippen molar-refractivity contribution in [3.8, 4) is 0 Å². The number of fused-ring (bicyclic) bond motifs is 2. The quantitative estimate of drug-likeness (QED) is 0.491. The predicted octanol–water partition coefficient (Wildman–Crippen LogP) is 5.19. The molecular formula is C27H32N2O3. The van der Waals surface area contributed by atoms with Gasteiger partial charge in [-0.2, -0.15) is 0 Å². The molecule has 2 aromatic carbocycles. The summed E-state index contributed by atoms with van der Waals surface area (Å²) in [6.07, 6.45) is 0.843. The van der Waals surface area contributed by atoms with Gasteiger partial charge in [-0.15, -0.1) is 0 Å². The molecule has 4 rings (SSSR count). The molecule has 0 unspecified atom stereocenters. The molecule has 2 heterocycles. The van der Waals surface area contributed by atoms with E-state index in [0.717, 1.165) is 31.6 Å². The summed E-state index contributed by atoms with van der Waals surface area (Å²) >= 11 is 0. The van der Waals surface area contributed by atoms with Gasteiger partial charge in [0.15, 0.2) is 5.43 Å². The van der Waals surface area contributed by atoms with Crippen LogP contribution in [0.3, 0.4) is 0 Å². The molecule has 1 amide bonds. The van der Waals surface area contributed by atoms with Gasteiger partial charge in [-0.1, -0.05) is 64.1 Å². The van der Waals surface area contributed by atoms with E-state index in [1.807, 2.05) is 17.0 Å². The molecule has 168 valence electrons. The fourth-order valence-electron chi connectivity index (χ4n) is 4.61. The van der Waals surface area contributed by atoms with Crippen LogP contribution < -0.4 is 5.43 Å². The number of rotatable bonds is 8. The van der Waals surface area contributed by atoms with Crippen LogP contribution >= 0.6 is 0 Å². The fraction of sp³-hybridized carbons (Fsp3) is 0.407. The zero-order valence-corrected chi connectivity index (χ0v) is 19.4. The van der Waals surface area contributed by atoms with Gasteiger partial charge < -0.3 is 14.2 Å². The van der Waals surface area contributed by atoms with Crippen LogP contribution in [0.4, 0.5) is 0 Å². The number of benzene rings is 2. The minimum absolute atomic E-state index is 0.112. The summed E-state index contributed by atoms with van der Waals surface area (Å²) < 4.78 is 6.01. The van der Waals surface area contributed by atoms with Gasteiger partial charge in [-0.25, -0.2) is 0 Å². The van der Waals surface area contributed by atoms with Crippen molar-refractivity contribution in [2.45, 2.75) is 46.1 Å². The number of hydrogen-bond donors (Lipinski definition) is 0. The highest BCUT2D eigenvalue weighted by atomic mass is 16.3. The van der Waals surface area contributed by atoms with Gasteiger partial charge in [-0.05, 0) is 55.2 Å². The first-order chi connectivity index (χ1) is 15.5. The van der Waals surface area contributed by atoms with Crippen LogP contribution in [-0.2, 0) is 0 Å². The first kappa shape index (κ1) is 22.3. The summed E-state index contributed by atoms with van der Waals surface area (Å²) in [4.78, 5) is 31.1. The highest BCUT2D eigenvalue weighted by Gasteiger charge is 2.42. The minimum atomic E-state index is -0.420. The average molecular weight is 433 g/mol. The van der Waals surface area contributed by atoms with Gasteiger partial charge in [0.1, 0.15) is 5.58 Å². The van der Waals surface area contributed by atoms with E-state index in [2.05, 4.69) is 56.9 Å². The van der Waals surface area contributed by atoms with Crippen molar-refractivity contribution in [2.24, 2.45) is 0 Å². The molecule has 5 nitrogen and oxygen atoms in total. The molecule has 0 bridgehead atoms. The average Bonchev–Trinajstić information content (AvgIpc) is 3.09. The summed E-state index contributed by atoms with van der Waals surface area (Å²) in [6, 6.07) is 15.0. The number of carbonyl (C=O) groups is 1. The van der Waals surface area contributed by atoms with Gasteiger partial charge >= 0.3 is 0 Å². The molecule has 0 saturated carbocycles. The second kappa shape index (κ2) is 9.29. The molecule has 1 aliphatic rings.